The number of unbranched alkanes of at least 4 members (excludes halogenated alkanes) is 3. The number of primary amides is 1. The number of carbonyl (C=O) groups is 10. The summed E-state index contributed by atoms with van der Waals surface area (Å²) >= 11 is 0. The standard InChI is InChI=1S/C75H121N19O17S2/c1-51(2)80-28-10-7-17-59(69(100)82-32-34-107-36-38-109-40-42-111-44-43-110-41-39-108-37-35-106-33-26-65(96)86-58(68(76)99)16-9-12-31-85-94-93-79)89-74(105)64-50-113-112-45-27-66(97)87-63(47-53-21-24-57(95)25-22-53)73(104)91-60(18-8-11-29-81-52(3)4)71(102)90-61(19-13-30-83-75(77)78)72(103)92-62(70(101)84-49-67(98)88-64)48-54-20-23-55-14-5-6-15-56(55)46-54/h5-6,14-15,20-25,46,51-52,58-64,80-81,85,95H,7-13,16-19,26-45,47-50H2,1-4H3,(H2,76,99)(H,82,100)(H,84,101)(H,86,96)(H,87,97)(H,88,98)(H,89,105)(H,90,102)(H,91,104)(H,92,103)(H4,77,78,83)/t58?,59?,60?,61-,62?,63?,64?/m1/s1. The van der Waals surface area contributed by atoms with Gasteiger partial charge in [0.15, 0.2) is 5.96 Å². The number of aliphatic imine (C=N–C) groups is 1. The zero-order valence-electron chi connectivity index (χ0n) is 65.6. The van der Waals surface area contributed by atoms with Gasteiger partial charge >= 0.3 is 0 Å². The second-order valence-corrected chi connectivity index (χ2v) is 29.9. The number of benzene rings is 3. The summed E-state index contributed by atoms with van der Waals surface area (Å²) in [5.41, 5.74) is 28.8. The molecule has 113 heavy (non-hydrogen) atoms. The fourth-order valence-electron chi connectivity index (χ4n) is 11.2. The summed E-state index contributed by atoms with van der Waals surface area (Å²) < 4.78 is 33.5. The fraction of sp³-hybridized carbons (Fsp3) is 0.640. The van der Waals surface area contributed by atoms with Gasteiger partial charge in [-0.25, -0.2) is 0 Å². The summed E-state index contributed by atoms with van der Waals surface area (Å²) in [7, 11) is 2.38. The van der Waals surface area contributed by atoms with Crippen LogP contribution < -0.4 is 81.1 Å². The Morgan fingerprint density at radius 1 is 0.566 bits per heavy atom. The maximum Gasteiger partial charge on any atom is 0.244 e. The van der Waals surface area contributed by atoms with Crippen molar-refractivity contribution in [1.82, 2.24) is 63.9 Å². The lowest BCUT2D eigenvalue weighted by Crippen LogP contribution is -2.59. The van der Waals surface area contributed by atoms with Gasteiger partial charge in [-0.05, 0) is 123 Å². The van der Waals surface area contributed by atoms with E-state index in [1.807, 2.05) is 70.2 Å². The molecule has 1 aliphatic heterocycles. The van der Waals surface area contributed by atoms with Gasteiger partial charge in [0, 0.05) is 62.4 Å². The van der Waals surface area contributed by atoms with Gasteiger partial charge in [0.2, 0.25) is 59.1 Å². The Hall–Kier alpha value is -8.82. The molecule has 1 fully saturated rings. The van der Waals surface area contributed by atoms with Crippen LogP contribution in [-0.4, -0.2) is 255 Å². The van der Waals surface area contributed by atoms with Crippen LogP contribution in [0.1, 0.15) is 122 Å². The van der Waals surface area contributed by atoms with E-state index in [0.717, 1.165) is 21.6 Å². The molecule has 0 spiro atoms. The van der Waals surface area contributed by atoms with Crippen molar-refractivity contribution in [1.29, 1.82) is 0 Å². The average molecular weight is 1630 g/mol. The second-order valence-electron chi connectivity index (χ2n) is 27.3. The molecule has 3 aromatic carbocycles. The normalized spacial score (nSPS) is 17.6. The molecule has 0 aliphatic carbocycles. The number of ether oxygens (including phenoxy) is 6. The Balaban J connectivity index is 1.39. The molecule has 6 unspecified atom stereocenters. The minimum absolute atomic E-state index is 0.0185. The van der Waals surface area contributed by atoms with Gasteiger partial charge in [-0.3, -0.25) is 58.4 Å². The van der Waals surface area contributed by atoms with Gasteiger partial charge < -0.3 is 109 Å². The monoisotopic (exact) mass is 1620 g/mol. The number of nitrogens with zero attached hydrogens (tertiary/aromatic N) is 4. The molecular weight excluding hydrogens is 1500 g/mol. The predicted molar refractivity (Wildman–Crippen MR) is 432 cm³/mol. The van der Waals surface area contributed by atoms with Crippen LogP contribution in [0.25, 0.3) is 21.2 Å². The Labute approximate surface area is 669 Å². The number of nitrogens with two attached hydrogens (primary N) is 3. The van der Waals surface area contributed by atoms with Gasteiger partial charge in [-0.15, -0.1) is 5.53 Å². The Morgan fingerprint density at radius 3 is 1.70 bits per heavy atom. The van der Waals surface area contributed by atoms with Gasteiger partial charge in [0.1, 0.15) is 48.0 Å². The molecule has 3 aromatic rings. The van der Waals surface area contributed by atoms with E-state index in [1.165, 1.54) is 22.9 Å². The molecule has 10 amide bonds. The third kappa shape index (κ3) is 45.0. The predicted octanol–water partition coefficient (Wildman–Crippen LogP) is 1.09. The topological polar surface area (TPSA) is 530 Å². The number of rotatable bonds is 52. The number of phenolic OH excluding ortho intramolecular Hbond substituents is 1. The summed E-state index contributed by atoms with van der Waals surface area (Å²) in [6.07, 6.45) is 4.15. The van der Waals surface area contributed by atoms with Crippen molar-refractivity contribution in [2.45, 2.75) is 178 Å². The number of amides is 10. The van der Waals surface area contributed by atoms with Crippen molar-refractivity contribution in [3.05, 3.63) is 88.3 Å². The molecule has 0 radical (unpaired) electrons. The number of hydrogen-bond donors (Lipinski definition) is 16. The maximum atomic E-state index is 14.8. The van der Waals surface area contributed by atoms with Crippen LogP contribution in [0.3, 0.4) is 0 Å². The van der Waals surface area contributed by atoms with Crippen molar-refractivity contribution in [2.24, 2.45) is 27.4 Å². The summed E-state index contributed by atoms with van der Waals surface area (Å²) in [4.78, 5) is 146. The lowest BCUT2D eigenvalue weighted by Gasteiger charge is -2.27. The van der Waals surface area contributed by atoms with E-state index in [9.17, 15) is 53.1 Å². The highest BCUT2D eigenvalue weighted by Crippen LogP contribution is 2.24. The molecular formula is C75H121N19O17S2. The minimum atomic E-state index is -1.35. The Kier molecular flexibility index (Phi) is 50.4. The fourth-order valence-corrected chi connectivity index (χ4v) is 13.4. The molecule has 36 nitrogen and oxygen atoms in total. The molecule has 4 rings (SSSR count). The van der Waals surface area contributed by atoms with Crippen molar-refractivity contribution in [2.75, 3.05) is 130 Å². The molecule has 7 atom stereocenters. The Bertz CT molecular complexity index is 3420. The molecule has 0 aromatic heterocycles. The smallest absolute Gasteiger partial charge is 0.244 e. The van der Waals surface area contributed by atoms with E-state index in [4.69, 9.17) is 51.2 Å². The van der Waals surface area contributed by atoms with E-state index in [2.05, 4.69) is 79.0 Å². The number of aromatic hydroxyl groups is 1. The van der Waals surface area contributed by atoms with Crippen LogP contribution in [0.2, 0.25) is 0 Å². The van der Waals surface area contributed by atoms with Gasteiger partial charge in [0.05, 0.1) is 92.4 Å². The summed E-state index contributed by atoms with van der Waals surface area (Å²) in [6, 6.07) is 11.3. The highest BCUT2D eigenvalue weighted by molar-refractivity contribution is 8.76. The molecule has 19 N–H and O–H groups in total. The third-order valence-electron chi connectivity index (χ3n) is 17.2. The molecule has 0 saturated carbocycles. The third-order valence-corrected chi connectivity index (χ3v) is 19.6. The molecule has 38 heteroatoms. The number of guanidine groups is 1. The van der Waals surface area contributed by atoms with Gasteiger partial charge in [-0.1, -0.05) is 104 Å². The van der Waals surface area contributed by atoms with E-state index in [-0.39, 0.29) is 145 Å². The zero-order chi connectivity index (χ0) is 82.2. The summed E-state index contributed by atoms with van der Waals surface area (Å²) in [5.74, 6) is -6.61. The van der Waals surface area contributed by atoms with Crippen molar-refractivity contribution >= 4 is 97.4 Å². The number of phenols is 1. The van der Waals surface area contributed by atoms with E-state index in [1.54, 1.807) is 12.1 Å². The summed E-state index contributed by atoms with van der Waals surface area (Å²) in [5, 5.41) is 46.9. The van der Waals surface area contributed by atoms with Crippen molar-refractivity contribution in [3.8, 4) is 5.75 Å². The largest absolute Gasteiger partial charge is 0.508 e. The van der Waals surface area contributed by atoms with Crippen LogP contribution in [0.15, 0.2) is 76.9 Å². The van der Waals surface area contributed by atoms with Crippen LogP contribution in [0.5, 0.6) is 5.75 Å². The van der Waals surface area contributed by atoms with Crippen LogP contribution in [0.4, 0.5) is 0 Å². The summed E-state index contributed by atoms with van der Waals surface area (Å²) in [6.45, 7) is 12.4. The number of azide groups is 1. The molecule has 0 bridgehead atoms. The first-order valence-corrected chi connectivity index (χ1v) is 41.2. The SMILES string of the molecule is CC(C)NCCCCC(NC(=O)C1CSSCCC(=O)NC(Cc2ccc(O)cc2)C(=O)NC(CCCCNC(C)C)C(=O)N[C@H](CCCN=C(N)N)C(=O)NC(Cc2ccc3ccccc3c2)C(=O)NCC(=O)N1)C(=O)NCCOCCOCCOCCOCCOCCOCCC(=O)NC(CCCCNN=[N+]=[N-])C(N)=O. The second kappa shape index (κ2) is 59.0. The van der Waals surface area contributed by atoms with E-state index < -0.39 is 102 Å². The molecule has 1 saturated heterocycles. The molecule has 1 aliphatic rings. The Morgan fingerprint density at radius 2 is 1.10 bits per heavy atom. The number of fused-ring (bicyclic) bond motifs is 1. The van der Waals surface area contributed by atoms with E-state index >= 15 is 0 Å². The first-order chi connectivity index (χ1) is 54.5. The highest BCUT2D eigenvalue weighted by Gasteiger charge is 2.34. The van der Waals surface area contributed by atoms with Crippen molar-refractivity contribution in [3.63, 3.8) is 0 Å². The number of hydrogen-bond acceptors (Lipinski definition) is 23. The zero-order valence-corrected chi connectivity index (χ0v) is 67.2. The first-order valence-electron chi connectivity index (χ1n) is 38.7. The molecule has 1 heterocycles. The van der Waals surface area contributed by atoms with E-state index in [0.29, 0.717) is 115 Å². The number of carbonyl (C=O) groups excluding carboxylic acids is 10. The van der Waals surface area contributed by atoms with Crippen LogP contribution in [0, 0.1) is 0 Å². The lowest BCUT2D eigenvalue weighted by atomic mass is 10.00. The molecule has 630 valence electrons. The van der Waals surface area contributed by atoms with Crippen molar-refractivity contribution < 1.29 is 81.5 Å². The highest BCUT2D eigenvalue weighted by atomic mass is 33.1. The van der Waals surface area contributed by atoms with Crippen LogP contribution in [-0.2, 0) is 89.2 Å². The quantitative estimate of drug-likeness (QED) is 0.00550. The van der Waals surface area contributed by atoms with Crippen LogP contribution >= 0.6 is 21.6 Å². The van der Waals surface area contributed by atoms with Gasteiger partial charge in [-0.2, -0.15) is 4.91 Å². The minimum Gasteiger partial charge on any atom is -0.508 e. The number of nitrogens with one attached hydrogen (secondary N) is 12. The lowest BCUT2D eigenvalue weighted by molar-refractivity contribution is -0.135. The first kappa shape index (κ1) is 96.5. The average Bonchev–Trinajstić information content (AvgIpc) is 0.981. The maximum absolute atomic E-state index is 14.8. The van der Waals surface area contributed by atoms with Gasteiger partial charge in [0.25, 0.3) is 0 Å².